The highest BCUT2D eigenvalue weighted by Gasteiger charge is 2.16. The average Bonchev–Trinajstić information content (AvgIpc) is 2.17. The SMILES string of the molecule is [2H][C@@](CC)(C(=O)O)c1ccccc1. The van der Waals surface area contributed by atoms with E-state index < -0.39 is 11.9 Å². The predicted octanol–water partition coefficient (Wildman–Crippen LogP) is 2.26. The molecule has 0 saturated heterocycles. The number of hydrogen-bond donors (Lipinski definition) is 1. The zero-order valence-electron chi connectivity index (χ0n) is 7.95. The predicted molar refractivity (Wildman–Crippen MR) is 47.1 cm³/mol. The first kappa shape index (κ1) is 7.35. The van der Waals surface area contributed by atoms with Crippen molar-refractivity contribution in [2.24, 2.45) is 0 Å². The van der Waals surface area contributed by atoms with Crippen molar-refractivity contribution in [1.82, 2.24) is 0 Å². The minimum absolute atomic E-state index is 0.270. The molecule has 64 valence electrons. The molecule has 0 bridgehead atoms. The third-order valence-electron chi connectivity index (χ3n) is 1.73. The molecule has 0 spiro atoms. The van der Waals surface area contributed by atoms with E-state index in [1.54, 1.807) is 37.3 Å². The van der Waals surface area contributed by atoms with Crippen LogP contribution in [-0.4, -0.2) is 11.1 Å². The highest BCUT2D eigenvalue weighted by atomic mass is 16.4. The summed E-state index contributed by atoms with van der Waals surface area (Å²) in [7, 11) is 0. The topological polar surface area (TPSA) is 37.3 Å². The molecule has 12 heavy (non-hydrogen) atoms. The van der Waals surface area contributed by atoms with Gasteiger partial charge in [-0.05, 0) is 12.0 Å². The van der Waals surface area contributed by atoms with Gasteiger partial charge in [0.25, 0.3) is 0 Å². The number of aliphatic carboxylic acids is 1. The van der Waals surface area contributed by atoms with Crippen LogP contribution in [0.15, 0.2) is 30.3 Å². The Labute approximate surface area is 73.3 Å². The van der Waals surface area contributed by atoms with E-state index in [-0.39, 0.29) is 6.42 Å². The minimum atomic E-state index is -1.50. The summed E-state index contributed by atoms with van der Waals surface area (Å²) in [4.78, 5) is 10.9. The molecule has 2 nitrogen and oxygen atoms in total. The minimum Gasteiger partial charge on any atom is -0.481 e. The standard InChI is InChI=1S/C10H12O2/c1-2-9(10(11)12)8-6-4-3-5-7-8/h3-7,9H,2H2,1H3,(H,11,12)/t9-/m0/s1/i9D. The van der Waals surface area contributed by atoms with Crippen LogP contribution in [0.2, 0.25) is 0 Å². The summed E-state index contributed by atoms with van der Waals surface area (Å²) in [5.41, 5.74) is 0.532. The van der Waals surface area contributed by atoms with Crippen molar-refractivity contribution in [3.63, 3.8) is 0 Å². The summed E-state index contributed by atoms with van der Waals surface area (Å²) in [6.07, 6.45) is 0.270. The maximum Gasteiger partial charge on any atom is 0.310 e. The van der Waals surface area contributed by atoms with Gasteiger partial charge in [-0.15, -0.1) is 0 Å². The van der Waals surface area contributed by atoms with E-state index in [0.29, 0.717) is 5.56 Å². The molecule has 0 radical (unpaired) electrons. The van der Waals surface area contributed by atoms with Crippen LogP contribution in [0.1, 0.15) is 26.2 Å². The second kappa shape index (κ2) is 3.90. The Morgan fingerprint density at radius 3 is 2.58 bits per heavy atom. The molecular formula is C10H12O2. The maximum absolute atomic E-state index is 10.9. The lowest BCUT2D eigenvalue weighted by atomic mass is 9.97. The maximum atomic E-state index is 10.9. The molecule has 0 heterocycles. The van der Waals surface area contributed by atoms with Crippen molar-refractivity contribution in [2.75, 3.05) is 0 Å². The number of carbonyl (C=O) groups is 1. The highest BCUT2D eigenvalue weighted by molar-refractivity contribution is 5.75. The molecule has 1 aromatic rings. The number of hydrogen-bond acceptors (Lipinski definition) is 1. The molecule has 1 rings (SSSR count). The van der Waals surface area contributed by atoms with E-state index in [0.717, 1.165) is 0 Å². The van der Waals surface area contributed by atoms with Crippen molar-refractivity contribution in [2.45, 2.75) is 19.2 Å². The van der Waals surface area contributed by atoms with Gasteiger partial charge in [0, 0.05) is 1.37 Å². The molecule has 0 aliphatic carbocycles. The molecule has 0 saturated carbocycles. The third kappa shape index (κ3) is 1.84. The summed E-state index contributed by atoms with van der Waals surface area (Å²) in [5.74, 6) is -2.59. The van der Waals surface area contributed by atoms with Gasteiger partial charge in [-0.3, -0.25) is 4.79 Å². The lowest BCUT2D eigenvalue weighted by molar-refractivity contribution is -0.138. The van der Waals surface area contributed by atoms with Crippen LogP contribution in [0.25, 0.3) is 0 Å². The van der Waals surface area contributed by atoms with E-state index in [2.05, 4.69) is 0 Å². The molecule has 1 N–H and O–H groups in total. The zero-order valence-corrected chi connectivity index (χ0v) is 6.95. The zero-order chi connectivity index (χ0) is 9.90. The first-order valence-corrected chi connectivity index (χ1v) is 3.90. The molecule has 0 fully saturated rings. The smallest absolute Gasteiger partial charge is 0.310 e. The summed E-state index contributed by atoms with van der Waals surface area (Å²) >= 11 is 0. The van der Waals surface area contributed by atoms with Crippen molar-refractivity contribution in [3.05, 3.63) is 35.9 Å². The van der Waals surface area contributed by atoms with Crippen LogP contribution < -0.4 is 0 Å². The van der Waals surface area contributed by atoms with Crippen molar-refractivity contribution in [3.8, 4) is 0 Å². The van der Waals surface area contributed by atoms with Gasteiger partial charge in [0.05, 0.1) is 5.89 Å². The molecule has 0 aromatic heterocycles. The lowest BCUT2D eigenvalue weighted by Gasteiger charge is -2.08. The van der Waals surface area contributed by atoms with Crippen LogP contribution in [0.5, 0.6) is 0 Å². The number of benzene rings is 1. The molecule has 0 aliphatic rings. The average molecular weight is 165 g/mol. The monoisotopic (exact) mass is 165 g/mol. The van der Waals surface area contributed by atoms with Gasteiger partial charge in [-0.25, -0.2) is 0 Å². The van der Waals surface area contributed by atoms with Crippen LogP contribution in [-0.2, 0) is 4.79 Å². The Bertz CT molecular complexity index is 297. The van der Waals surface area contributed by atoms with Crippen molar-refractivity contribution in [1.29, 1.82) is 0 Å². The van der Waals surface area contributed by atoms with E-state index in [9.17, 15) is 4.79 Å². The van der Waals surface area contributed by atoms with Gasteiger partial charge in [-0.2, -0.15) is 0 Å². The Hall–Kier alpha value is -1.31. The van der Waals surface area contributed by atoms with Crippen LogP contribution in [0.3, 0.4) is 0 Å². The molecular weight excluding hydrogens is 152 g/mol. The lowest BCUT2D eigenvalue weighted by Crippen LogP contribution is -2.09. The van der Waals surface area contributed by atoms with E-state index in [4.69, 9.17) is 6.48 Å². The second-order valence-corrected chi connectivity index (χ2v) is 2.50. The second-order valence-electron chi connectivity index (χ2n) is 2.50. The first-order valence-electron chi connectivity index (χ1n) is 4.40. The van der Waals surface area contributed by atoms with E-state index in [1.807, 2.05) is 0 Å². The normalized spacial score (nSPS) is 16.2. The fraction of sp³-hybridized carbons (Fsp3) is 0.300. The summed E-state index contributed by atoms with van der Waals surface area (Å²) in [5, 5.41) is 8.90. The van der Waals surface area contributed by atoms with Gasteiger partial charge in [0.1, 0.15) is 0 Å². The molecule has 1 atom stereocenters. The van der Waals surface area contributed by atoms with Gasteiger partial charge < -0.3 is 5.11 Å². The van der Waals surface area contributed by atoms with Gasteiger partial charge >= 0.3 is 5.97 Å². The highest BCUT2D eigenvalue weighted by Crippen LogP contribution is 2.18. The molecule has 1 aromatic carbocycles. The van der Waals surface area contributed by atoms with Crippen molar-refractivity contribution >= 4 is 5.97 Å². The Kier molecular flexibility index (Phi) is 2.39. The molecule has 0 unspecified atom stereocenters. The van der Waals surface area contributed by atoms with Crippen LogP contribution in [0.4, 0.5) is 0 Å². The van der Waals surface area contributed by atoms with Gasteiger partial charge in [0.2, 0.25) is 0 Å². The molecule has 0 amide bonds. The largest absolute Gasteiger partial charge is 0.481 e. The van der Waals surface area contributed by atoms with Crippen molar-refractivity contribution < 1.29 is 11.3 Å². The van der Waals surface area contributed by atoms with Crippen LogP contribution >= 0.6 is 0 Å². The van der Waals surface area contributed by atoms with E-state index in [1.165, 1.54) is 0 Å². The number of carboxylic acid groups (broad SMARTS) is 1. The fourth-order valence-electron chi connectivity index (χ4n) is 1.12. The summed E-state index contributed by atoms with van der Waals surface area (Å²) in [6.45, 7) is 1.70. The number of carboxylic acids is 1. The fourth-order valence-corrected chi connectivity index (χ4v) is 1.12. The first-order chi connectivity index (χ1) is 6.11. The van der Waals surface area contributed by atoms with Gasteiger partial charge in [0.15, 0.2) is 0 Å². The summed E-state index contributed by atoms with van der Waals surface area (Å²) < 4.78 is 7.77. The Balaban J connectivity index is 3.11. The summed E-state index contributed by atoms with van der Waals surface area (Å²) in [6, 6.07) is 8.64. The Morgan fingerprint density at radius 2 is 2.17 bits per heavy atom. The van der Waals surface area contributed by atoms with E-state index >= 15 is 0 Å². The van der Waals surface area contributed by atoms with Gasteiger partial charge in [-0.1, -0.05) is 37.3 Å². The third-order valence-corrected chi connectivity index (χ3v) is 1.73. The number of rotatable bonds is 3. The van der Waals surface area contributed by atoms with Crippen LogP contribution in [0, 0.1) is 0 Å². The molecule has 0 aliphatic heterocycles. The quantitative estimate of drug-likeness (QED) is 0.745. The molecule has 2 heteroatoms. The Morgan fingerprint density at radius 1 is 1.58 bits per heavy atom.